The Hall–Kier alpha value is -2.13. The van der Waals surface area contributed by atoms with Gasteiger partial charge in [0.25, 0.3) is 0 Å². The van der Waals surface area contributed by atoms with Gasteiger partial charge < -0.3 is 4.74 Å². The Labute approximate surface area is 143 Å². The number of hydrogen-bond acceptors (Lipinski definition) is 4. The molecule has 2 aromatic rings. The number of rotatable bonds is 4. The van der Waals surface area contributed by atoms with Crippen molar-refractivity contribution in [3.8, 4) is 5.75 Å². The van der Waals surface area contributed by atoms with Gasteiger partial charge in [-0.3, -0.25) is 4.98 Å². The van der Waals surface area contributed by atoms with Crippen molar-refractivity contribution in [2.45, 2.75) is 24.1 Å². The summed E-state index contributed by atoms with van der Waals surface area (Å²) in [6.07, 6.45) is -3.58. The van der Waals surface area contributed by atoms with Crippen LogP contribution < -0.4 is 4.74 Å². The molecular formula is C16H15F3N2O3S. The van der Waals surface area contributed by atoms with E-state index in [1.54, 1.807) is 25.3 Å². The molecule has 0 spiro atoms. The van der Waals surface area contributed by atoms with Gasteiger partial charge in [0.2, 0.25) is 10.0 Å². The van der Waals surface area contributed by atoms with Crippen LogP contribution in [0.4, 0.5) is 13.2 Å². The number of benzene rings is 1. The van der Waals surface area contributed by atoms with Crippen LogP contribution >= 0.6 is 0 Å². The Morgan fingerprint density at radius 3 is 2.52 bits per heavy atom. The summed E-state index contributed by atoms with van der Waals surface area (Å²) in [5.41, 5.74) is -0.412. The summed E-state index contributed by atoms with van der Waals surface area (Å²) in [6, 6.07) is 7.52. The summed E-state index contributed by atoms with van der Waals surface area (Å²) in [6.45, 7) is 1.78. The molecule has 1 aromatic heterocycles. The molecule has 0 saturated carbocycles. The smallest absolute Gasteiger partial charge is 0.417 e. The van der Waals surface area contributed by atoms with Crippen LogP contribution in [0.25, 0.3) is 0 Å². The molecule has 0 aliphatic carbocycles. The summed E-state index contributed by atoms with van der Waals surface area (Å²) in [5, 5.41) is 0. The van der Waals surface area contributed by atoms with Crippen LogP contribution in [-0.4, -0.2) is 36.9 Å². The van der Waals surface area contributed by atoms with E-state index >= 15 is 0 Å². The Morgan fingerprint density at radius 2 is 1.88 bits per heavy atom. The molecule has 134 valence electrons. The molecule has 0 radical (unpaired) electrons. The van der Waals surface area contributed by atoms with E-state index in [0.29, 0.717) is 5.75 Å². The summed E-state index contributed by atoms with van der Waals surface area (Å²) in [4.78, 5) is 3.29. The van der Waals surface area contributed by atoms with Crippen molar-refractivity contribution in [1.82, 2.24) is 9.29 Å². The van der Waals surface area contributed by atoms with Gasteiger partial charge in [0.05, 0.1) is 23.5 Å². The van der Waals surface area contributed by atoms with Crippen molar-refractivity contribution >= 4 is 10.0 Å². The lowest BCUT2D eigenvalue weighted by Gasteiger charge is -2.38. The zero-order chi connectivity index (χ0) is 18.2. The Kier molecular flexibility index (Phi) is 4.46. The second kappa shape index (κ2) is 6.30. The quantitative estimate of drug-likeness (QED) is 0.828. The van der Waals surface area contributed by atoms with Gasteiger partial charge in [0.1, 0.15) is 11.9 Å². The minimum atomic E-state index is -4.74. The van der Waals surface area contributed by atoms with Crippen molar-refractivity contribution in [2.75, 3.05) is 13.1 Å². The molecule has 0 unspecified atom stereocenters. The van der Waals surface area contributed by atoms with E-state index in [-0.39, 0.29) is 13.1 Å². The lowest BCUT2D eigenvalue weighted by molar-refractivity contribution is -0.139. The van der Waals surface area contributed by atoms with Gasteiger partial charge in [0, 0.05) is 18.0 Å². The maximum Gasteiger partial charge on any atom is 0.417 e. The highest BCUT2D eigenvalue weighted by Gasteiger charge is 2.43. The van der Waals surface area contributed by atoms with Gasteiger partial charge in [-0.05, 0) is 25.1 Å². The molecule has 2 heterocycles. The van der Waals surface area contributed by atoms with Gasteiger partial charge in [-0.25, -0.2) is 8.42 Å². The third-order valence-electron chi connectivity index (χ3n) is 3.80. The van der Waals surface area contributed by atoms with Gasteiger partial charge in [0.15, 0.2) is 0 Å². The van der Waals surface area contributed by atoms with Crippen molar-refractivity contribution in [3.05, 3.63) is 53.9 Å². The molecule has 1 aliphatic heterocycles. The van der Waals surface area contributed by atoms with Crippen molar-refractivity contribution in [2.24, 2.45) is 0 Å². The Balaban J connectivity index is 1.74. The normalized spacial score (nSPS) is 16.5. The molecule has 1 saturated heterocycles. The molecule has 3 rings (SSSR count). The molecule has 25 heavy (non-hydrogen) atoms. The van der Waals surface area contributed by atoms with Crippen LogP contribution in [0.15, 0.2) is 47.5 Å². The topological polar surface area (TPSA) is 59.5 Å². The van der Waals surface area contributed by atoms with E-state index in [1.165, 1.54) is 6.07 Å². The number of sulfonamides is 1. The molecule has 0 amide bonds. The van der Waals surface area contributed by atoms with Gasteiger partial charge >= 0.3 is 6.18 Å². The van der Waals surface area contributed by atoms with Crippen LogP contribution in [0.5, 0.6) is 5.75 Å². The lowest BCUT2D eigenvalue weighted by Crippen LogP contribution is -2.56. The average molecular weight is 372 g/mol. The minimum absolute atomic E-state index is 0.00407. The zero-order valence-corrected chi connectivity index (χ0v) is 14.0. The van der Waals surface area contributed by atoms with E-state index in [2.05, 4.69) is 4.98 Å². The van der Waals surface area contributed by atoms with Gasteiger partial charge in [-0.15, -0.1) is 0 Å². The van der Waals surface area contributed by atoms with Crippen molar-refractivity contribution in [3.63, 3.8) is 0 Å². The van der Waals surface area contributed by atoms with Crippen LogP contribution in [0, 0.1) is 6.92 Å². The summed E-state index contributed by atoms with van der Waals surface area (Å²) in [7, 11) is -4.23. The van der Waals surface area contributed by atoms with Crippen LogP contribution in [0.1, 0.15) is 11.3 Å². The number of aromatic nitrogens is 1. The standard InChI is InChI=1S/C16H15F3N2O3S/c1-11-8-12(6-7-20-11)24-13-9-21(10-13)25(22,23)15-5-3-2-4-14(15)16(17,18)19/h2-8,13H,9-10H2,1H3. The maximum atomic E-state index is 13.1. The second-order valence-electron chi connectivity index (χ2n) is 5.69. The fourth-order valence-electron chi connectivity index (χ4n) is 2.52. The number of pyridine rings is 1. The van der Waals surface area contributed by atoms with E-state index in [1.807, 2.05) is 0 Å². The van der Waals surface area contributed by atoms with Gasteiger partial charge in [-0.1, -0.05) is 12.1 Å². The highest BCUT2D eigenvalue weighted by Crippen LogP contribution is 2.36. The fourth-order valence-corrected chi connectivity index (χ4v) is 4.24. The Morgan fingerprint density at radius 1 is 1.20 bits per heavy atom. The molecule has 1 fully saturated rings. The first-order valence-corrected chi connectivity index (χ1v) is 8.87. The summed E-state index contributed by atoms with van der Waals surface area (Å²) in [5.74, 6) is 0.547. The monoisotopic (exact) mass is 372 g/mol. The summed E-state index contributed by atoms with van der Waals surface area (Å²) >= 11 is 0. The lowest BCUT2D eigenvalue weighted by atomic mass is 10.2. The third-order valence-corrected chi connectivity index (χ3v) is 5.69. The van der Waals surface area contributed by atoms with E-state index in [9.17, 15) is 21.6 Å². The predicted molar refractivity (Wildman–Crippen MR) is 83.6 cm³/mol. The van der Waals surface area contributed by atoms with Gasteiger partial charge in [-0.2, -0.15) is 17.5 Å². The van der Waals surface area contributed by atoms with Crippen LogP contribution in [0.2, 0.25) is 0 Å². The molecule has 0 bridgehead atoms. The minimum Gasteiger partial charge on any atom is -0.488 e. The number of halogens is 3. The van der Waals surface area contributed by atoms with E-state index in [4.69, 9.17) is 4.74 Å². The highest BCUT2D eigenvalue weighted by atomic mass is 32.2. The molecule has 9 heteroatoms. The average Bonchev–Trinajstić information content (AvgIpc) is 2.49. The van der Waals surface area contributed by atoms with E-state index in [0.717, 1.165) is 28.2 Å². The summed E-state index contributed by atoms with van der Waals surface area (Å²) < 4.78 is 70.8. The maximum absolute atomic E-state index is 13.1. The van der Waals surface area contributed by atoms with Crippen molar-refractivity contribution < 1.29 is 26.3 Å². The highest BCUT2D eigenvalue weighted by molar-refractivity contribution is 7.89. The molecule has 0 atom stereocenters. The number of alkyl halides is 3. The zero-order valence-electron chi connectivity index (χ0n) is 13.2. The first-order chi connectivity index (χ1) is 11.7. The van der Waals surface area contributed by atoms with Crippen molar-refractivity contribution in [1.29, 1.82) is 0 Å². The van der Waals surface area contributed by atoms with E-state index < -0.39 is 32.8 Å². The largest absolute Gasteiger partial charge is 0.488 e. The Bertz CT molecular complexity index is 878. The SMILES string of the molecule is Cc1cc(OC2CN(S(=O)(=O)c3ccccc3C(F)(F)F)C2)ccn1. The number of hydrogen-bond donors (Lipinski definition) is 0. The molecule has 1 aromatic carbocycles. The predicted octanol–water partition coefficient (Wildman–Crippen LogP) is 2.86. The molecule has 1 aliphatic rings. The number of ether oxygens (including phenoxy) is 1. The van der Waals surface area contributed by atoms with Crippen LogP contribution in [0.3, 0.4) is 0 Å². The second-order valence-corrected chi connectivity index (χ2v) is 7.60. The number of nitrogens with zero attached hydrogens (tertiary/aromatic N) is 2. The number of aryl methyl sites for hydroxylation is 1. The molecule has 0 N–H and O–H groups in total. The molecular weight excluding hydrogens is 357 g/mol. The third kappa shape index (κ3) is 3.62. The first kappa shape index (κ1) is 17.7. The van der Waals surface area contributed by atoms with Crippen LogP contribution in [-0.2, 0) is 16.2 Å². The molecule has 5 nitrogen and oxygen atoms in total. The fraction of sp³-hybridized carbons (Fsp3) is 0.312. The first-order valence-electron chi connectivity index (χ1n) is 7.43.